The Morgan fingerprint density at radius 2 is 2.29 bits per heavy atom. The molecule has 0 radical (unpaired) electrons. The lowest BCUT2D eigenvalue weighted by atomic mass is 9.89. The Labute approximate surface area is 162 Å². The van der Waals surface area contributed by atoms with Gasteiger partial charge in [-0.1, -0.05) is 6.92 Å². The fourth-order valence-corrected chi connectivity index (χ4v) is 5.09. The first-order valence-electron chi connectivity index (χ1n) is 8.94. The maximum atomic E-state index is 11.1. The molecule has 4 aromatic rings. The largest absolute Gasteiger partial charge is 0.475 e. The predicted octanol–water partition coefficient (Wildman–Crippen LogP) is 2.63. The van der Waals surface area contributed by atoms with Gasteiger partial charge in [-0.2, -0.15) is 0 Å². The van der Waals surface area contributed by atoms with Crippen LogP contribution in [0.25, 0.3) is 15.9 Å². The zero-order valence-electron chi connectivity index (χ0n) is 15.3. The number of nitrogens with zero attached hydrogens (tertiary/aromatic N) is 7. The summed E-state index contributed by atoms with van der Waals surface area (Å²) in [7, 11) is 1.35. The van der Waals surface area contributed by atoms with Gasteiger partial charge in [-0.25, -0.2) is 14.5 Å². The Kier molecular flexibility index (Phi) is 3.79. The Morgan fingerprint density at radius 1 is 1.43 bits per heavy atom. The molecule has 0 amide bonds. The number of hydrogen-bond donors (Lipinski definition) is 0. The van der Waals surface area contributed by atoms with Crippen LogP contribution in [0.1, 0.15) is 29.6 Å². The highest BCUT2D eigenvalue weighted by Crippen LogP contribution is 2.38. The summed E-state index contributed by atoms with van der Waals surface area (Å²) in [5.74, 6) is 1.17. The second-order valence-electron chi connectivity index (χ2n) is 7.05. The minimum Gasteiger partial charge on any atom is -0.475 e. The van der Waals surface area contributed by atoms with E-state index in [-0.39, 0.29) is 18.1 Å². The summed E-state index contributed by atoms with van der Waals surface area (Å²) in [6.45, 7) is 2.49. The van der Waals surface area contributed by atoms with E-state index in [0.717, 1.165) is 35.1 Å². The molecule has 0 saturated carbocycles. The standard InChI is InChI=1S/C17H17N7O3S/c1-9-3-4-10-12(5-9)28-17-14(10)15-19-13(20-23(15)8-18-17)7-22-6-11(24(25)26)16(21-22)27-2/h6,8-9H,3-5,7H2,1-2H3. The molecule has 144 valence electrons. The van der Waals surface area contributed by atoms with Crippen molar-refractivity contribution in [1.82, 2.24) is 29.4 Å². The number of methoxy groups -OCH3 is 1. The molecule has 1 atom stereocenters. The van der Waals surface area contributed by atoms with Gasteiger partial charge in [0.05, 0.1) is 17.4 Å². The number of ether oxygens (including phenoxy) is 1. The van der Waals surface area contributed by atoms with E-state index in [2.05, 4.69) is 22.1 Å². The average Bonchev–Trinajstić information content (AvgIpc) is 3.34. The summed E-state index contributed by atoms with van der Waals surface area (Å²) in [5, 5.41) is 20.8. The maximum Gasteiger partial charge on any atom is 0.350 e. The summed E-state index contributed by atoms with van der Waals surface area (Å²) < 4.78 is 8.07. The van der Waals surface area contributed by atoms with Crippen LogP contribution in [0, 0.1) is 16.0 Å². The zero-order valence-corrected chi connectivity index (χ0v) is 16.1. The van der Waals surface area contributed by atoms with Gasteiger partial charge in [-0.05, 0) is 30.7 Å². The fourth-order valence-electron chi connectivity index (χ4n) is 3.74. The molecule has 10 nitrogen and oxygen atoms in total. The molecule has 1 aliphatic rings. The summed E-state index contributed by atoms with van der Waals surface area (Å²) in [5.41, 5.74) is 1.93. The van der Waals surface area contributed by atoms with Crippen LogP contribution in [0.2, 0.25) is 0 Å². The highest BCUT2D eigenvalue weighted by Gasteiger charge is 2.24. The van der Waals surface area contributed by atoms with E-state index in [0.29, 0.717) is 11.7 Å². The summed E-state index contributed by atoms with van der Waals surface area (Å²) >= 11 is 1.74. The van der Waals surface area contributed by atoms with E-state index < -0.39 is 4.92 Å². The number of hydrogen-bond acceptors (Lipinski definition) is 8. The van der Waals surface area contributed by atoms with Crippen LogP contribution in [0.5, 0.6) is 5.88 Å². The Balaban J connectivity index is 1.57. The number of aryl methyl sites for hydroxylation is 1. The van der Waals surface area contributed by atoms with E-state index in [9.17, 15) is 10.1 Å². The molecule has 0 bridgehead atoms. The number of fused-ring (bicyclic) bond motifs is 5. The van der Waals surface area contributed by atoms with Crippen molar-refractivity contribution in [2.45, 2.75) is 32.7 Å². The molecule has 11 heteroatoms. The minimum absolute atomic E-state index is 0.0288. The van der Waals surface area contributed by atoms with Crippen LogP contribution in [0.4, 0.5) is 5.69 Å². The molecule has 0 aliphatic heterocycles. The third-order valence-electron chi connectivity index (χ3n) is 5.08. The number of thiophene rings is 1. The molecule has 4 aromatic heterocycles. The number of rotatable bonds is 4. The summed E-state index contributed by atoms with van der Waals surface area (Å²) in [6.07, 6.45) is 6.28. The lowest BCUT2D eigenvalue weighted by Crippen LogP contribution is -2.08. The van der Waals surface area contributed by atoms with Crippen molar-refractivity contribution in [3.8, 4) is 5.88 Å². The highest BCUT2D eigenvalue weighted by atomic mass is 32.1. The monoisotopic (exact) mass is 399 g/mol. The van der Waals surface area contributed by atoms with Gasteiger partial charge in [0.15, 0.2) is 11.5 Å². The third kappa shape index (κ3) is 2.61. The van der Waals surface area contributed by atoms with Crippen LogP contribution >= 0.6 is 11.3 Å². The molecule has 0 aromatic carbocycles. The molecule has 0 spiro atoms. The van der Waals surface area contributed by atoms with Crippen molar-refractivity contribution in [1.29, 1.82) is 0 Å². The maximum absolute atomic E-state index is 11.1. The Morgan fingerprint density at radius 3 is 3.04 bits per heavy atom. The first-order valence-corrected chi connectivity index (χ1v) is 9.75. The Bertz CT molecular complexity index is 1220. The van der Waals surface area contributed by atoms with Crippen molar-refractivity contribution < 1.29 is 9.66 Å². The first-order chi connectivity index (χ1) is 13.5. The number of aromatic nitrogens is 6. The minimum atomic E-state index is -0.522. The van der Waals surface area contributed by atoms with Crippen molar-refractivity contribution in [2.75, 3.05) is 7.11 Å². The van der Waals surface area contributed by atoms with Crippen molar-refractivity contribution in [2.24, 2.45) is 5.92 Å². The van der Waals surface area contributed by atoms with Crippen molar-refractivity contribution in [3.63, 3.8) is 0 Å². The van der Waals surface area contributed by atoms with Gasteiger partial charge < -0.3 is 4.74 Å². The van der Waals surface area contributed by atoms with E-state index in [4.69, 9.17) is 9.72 Å². The molecule has 28 heavy (non-hydrogen) atoms. The van der Waals surface area contributed by atoms with Gasteiger partial charge in [0, 0.05) is 4.88 Å². The van der Waals surface area contributed by atoms with E-state index in [1.807, 2.05) is 0 Å². The van der Waals surface area contributed by atoms with Crippen LogP contribution in [-0.2, 0) is 19.4 Å². The molecule has 1 unspecified atom stereocenters. The van der Waals surface area contributed by atoms with Crippen molar-refractivity contribution in [3.05, 3.63) is 38.9 Å². The van der Waals surface area contributed by atoms with Crippen LogP contribution in [0.15, 0.2) is 12.5 Å². The molecular weight excluding hydrogens is 382 g/mol. The van der Waals surface area contributed by atoms with Gasteiger partial charge in [-0.15, -0.1) is 21.5 Å². The van der Waals surface area contributed by atoms with Crippen molar-refractivity contribution >= 4 is 32.9 Å². The van der Waals surface area contributed by atoms with Gasteiger partial charge in [0.25, 0.3) is 0 Å². The molecule has 0 saturated heterocycles. The molecule has 0 N–H and O–H groups in total. The van der Waals surface area contributed by atoms with Gasteiger partial charge in [0.1, 0.15) is 23.9 Å². The Hall–Kier alpha value is -3.08. The SMILES string of the molecule is COc1nn(Cc2nc3c4c5c(sc4ncn3n2)CC(C)CC5)cc1[N+](=O)[O-]. The zero-order chi connectivity index (χ0) is 19.4. The molecule has 1 aliphatic carbocycles. The smallest absolute Gasteiger partial charge is 0.350 e. The second-order valence-corrected chi connectivity index (χ2v) is 8.13. The molecule has 4 heterocycles. The number of nitro groups is 1. The summed E-state index contributed by atoms with van der Waals surface area (Å²) in [6, 6.07) is 0. The average molecular weight is 399 g/mol. The molecular formula is C17H17N7O3S. The lowest BCUT2D eigenvalue weighted by Gasteiger charge is -2.17. The normalized spacial score (nSPS) is 16.6. The van der Waals surface area contributed by atoms with E-state index >= 15 is 0 Å². The van der Waals surface area contributed by atoms with Gasteiger partial charge >= 0.3 is 11.6 Å². The van der Waals surface area contributed by atoms with Crippen LogP contribution in [0.3, 0.4) is 0 Å². The van der Waals surface area contributed by atoms with Crippen LogP contribution < -0.4 is 4.74 Å². The van der Waals surface area contributed by atoms with Gasteiger partial charge in [0.2, 0.25) is 0 Å². The predicted molar refractivity (Wildman–Crippen MR) is 102 cm³/mol. The fraction of sp³-hybridized carbons (Fsp3) is 0.412. The third-order valence-corrected chi connectivity index (χ3v) is 6.24. The van der Waals surface area contributed by atoms with E-state index in [1.54, 1.807) is 22.2 Å². The summed E-state index contributed by atoms with van der Waals surface area (Å²) in [4.78, 5) is 22.2. The molecule has 0 fully saturated rings. The van der Waals surface area contributed by atoms with E-state index in [1.165, 1.54) is 28.4 Å². The van der Waals surface area contributed by atoms with Gasteiger partial charge in [-0.3, -0.25) is 14.8 Å². The quantitative estimate of drug-likeness (QED) is 0.383. The second kappa shape index (κ2) is 6.23. The van der Waals surface area contributed by atoms with Crippen LogP contribution in [-0.4, -0.2) is 41.4 Å². The first kappa shape index (κ1) is 17.0. The molecule has 5 rings (SSSR count). The lowest BCUT2D eigenvalue weighted by molar-refractivity contribution is -0.385. The highest BCUT2D eigenvalue weighted by molar-refractivity contribution is 7.19. The topological polar surface area (TPSA) is 113 Å².